The Kier molecular flexibility index (Phi) is 4.80. The molecule has 0 aliphatic carbocycles. The second-order valence-corrected chi connectivity index (χ2v) is 9.91. The summed E-state index contributed by atoms with van der Waals surface area (Å²) in [7, 11) is -3.76. The molecule has 3 heterocycles. The molecule has 0 bridgehead atoms. The molecule has 1 aliphatic rings. The van der Waals surface area contributed by atoms with Crippen LogP contribution >= 0.6 is 11.6 Å². The van der Waals surface area contributed by atoms with E-state index in [0.717, 1.165) is 22.3 Å². The molecule has 152 valence electrons. The second-order valence-electron chi connectivity index (χ2n) is 7.60. The first kappa shape index (κ1) is 20.1. The van der Waals surface area contributed by atoms with Gasteiger partial charge in [0.2, 0.25) is 10.0 Å². The van der Waals surface area contributed by atoms with Crippen LogP contribution in [-0.4, -0.2) is 28.7 Å². The average Bonchev–Trinajstić information content (AvgIpc) is 2.67. The van der Waals surface area contributed by atoms with Crippen LogP contribution in [0.1, 0.15) is 33.5 Å². The summed E-state index contributed by atoms with van der Waals surface area (Å²) in [5.74, 6) is 0. The molecule has 0 N–H and O–H groups in total. The molecule has 2 aromatic heterocycles. The smallest absolute Gasteiger partial charge is 0.262 e. The molecule has 1 aromatic carbocycles. The van der Waals surface area contributed by atoms with Gasteiger partial charge < -0.3 is 0 Å². The van der Waals surface area contributed by atoms with Gasteiger partial charge in [0.15, 0.2) is 0 Å². The van der Waals surface area contributed by atoms with Crippen LogP contribution in [0.4, 0.5) is 0 Å². The highest BCUT2D eigenvalue weighted by molar-refractivity contribution is 7.89. The molecular weight excluding hydrogens is 410 g/mol. The molecule has 0 amide bonds. The van der Waals surface area contributed by atoms with Crippen LogP contribution in [0.2, 0.25) is 5.02 Å². The lowest BCUT2D eigenvalue weighted by atomic mass is 10.0. The standard InChI is InChI=1S/C21H22ClN3O3S/c1-12-9-13(2)15(4)20(14(12)3)29(27,28)24-8-7-18-17(11-24)21(26)25-10-16(22)5-6-19(25)23-18/h5-6,9-10H,7-8,11H2,1-4H3. The fraction of sp³-hybridized carbons (Fsp3) is 0.333. The topological polar surface area (TPSA) is 71.8 Å². The summed E-state index contributed by atoms with van der Waals surface area (Å²) in [6.07, 6.45) is 1.91. The summed E-state index contributed by atoms with van der Waals surface area (Å²) >= 11 is 6.03. The van der Waals surface area contributed by atoms with E-state index < -0.39 is 10.0 Å². The van der Waals surface area contributed by atoms with Crippen LogP contribution in [0.5, 0.6) is 0 Å². The monoisotopic (exact) mass is 431 g/mol. The number of aromatic nitrogens is 2. The average molecular weight is 432 g/mol. The van der Waals surface area contributed by atoms with Crippen molar-refractivity contribution in [2.24, 2.45) is 0 Å². The van der Waals surface area contributed by atoms with Gasteiger partial charge in [-0.25, -0.2) is 13.4 Å². The van der Waals surface area contributed by atoms with Crippen molar-refractivity contribution in [1.29, 1.82) is 0 Å². The van der Waals surface area contributed by atoms with Gasteiger partial charge in [-0.15, -0.1) is 0 Å². The fourth-order valence-corrected chi connectivity index (χ4v) is 6.09. The molecule has 3 aromatic rings. The lowest BCUT2D eigenvalue weighted by molar-refractivity contribution is 0.384. The van der Waals surface area contributed by atoms with Gasteiger partial charge >= 0.3 is 0 Å². The molecule has 0 unspecified atom stereocenters. The third kappa shape index (κ3) is 3.17. The Balaban J connectivity index is 1.84. The predicted molar refractivity (Wildman–Crippen MR) is 113 cm³/mol. The number of sulfonamides is 1. The van der Waals surface area contributed by atoms with E-state index in [9.17, 15) is 13.2 Å². The number of hydrogen-bond donors (Lipinski definition) is 0. The molecule has 4 rings (SSSR count). The Morgan fingerprint density at radius 2 is 1.72 bits per heavy atom. The highest BCUT2D eigenvalue weighted by atomic mass is 35.5. The van der Waals surface area contributed by atoms with Gasteiger partial charge in [-0.3, -0.25) is 9.20 Å². The molecule has 6 nitrogen and oxygen atoms in total. The van der Waals surface area contributed by atoms with Gasteiger partial charge in [-0.2, -0.15) is 4.31 Å². The number of aryl methyl sites for hydroxylation is 2. The first-order chi connectivity index (χ1) is 13.6. The van der Waals surface area contributed by atoms with Gasteiger partial charge in [-0.1, -0.05) is 17.7 Å². The van der Waals surface area contributed by atoms with Crippen molar-refractivity contribution in [2.45, 2.75) is 45.6 Å². The SMILES string of the molecule is Cc1cc(C)c(C)c(S(=O)(=O)N2CCc3nc4ccc(Cl)cn4c(=O)c3C2)c1C. The molecule has 0 spiro atoms. The number of nitrogens with zero attached hydrogens (tertiary/aromatic N) is 3. The molecule has 0 saturated carbocycles. The predicted octanol–water partition coefficient (Wildman–Crippen LogP) is 3.33. The Morgan fingerprint density at radius 3 is 2.38 bits per heavy atom. The molecule has 0 saturated heterocycles. The van der Waals surface area contributed by atoms with Gasteiger partial charge in [0.25, 0.3) is 5.56 Å². The fourth-order valence-electron chi connectivity index (χ4n) is 3.95. The van der Waals surface area contributed by atoms with Crippen molar-refractivity contribution in [2.75, 3.05) is 6.54 Å². The largest absolute Gasteiger partial charge is 0.269 e. The third-order valence-corrected chi connectivity index (χ3v) is 8.14. The van der Waals surface area contributed by atoms with Crippen LogP contribution in [0.15, 0.2) is 34.1 Å². The zero-order chi connectivity index (χ0) is 21.1. The van der Waals surface area contributed by atoms with E-state index in [1.165, 1.54) is 14.9 Å². The van der Waals surface area contributed by atoms with Gasteiger partial charge in [0, 0.05) is 25.7 Å². The van der Waals surface area contributed by atoms with E-state index in [-0.39, 0.29) is 18.6 Å². The number of fused-ring (bicyclic) bond motifs is 2. The van der Waals surface area contributed by atoms with E-state index in [0.29, 0.717) is 33.2 Å². The quantitative estimate of drug-likeness (QED) is 0.624. The van der Waals surface area contributed by atoms with Crippen molar-refractivity contribution in [3.63, 3.8) is 0 Å². The summed E-state index contributed by atoms with van der Waals surface area (Å²) in [4.78, 5) is 17.9. The molecule has 0 atom stereocenters. The summed E-state index contributed by atoms with van der Waals surface area (Å²) in [6.45, 7) is 7.79. The molecule has 29 heavy (non-hydrogen) atoms. The second kappa shape index (κ2) is 6.93. The highest BCUT2D eigenvalue weighted by Crippen LogP contribution is 2.31. The van der Waals surface area contributed by atoms with Crippen molar-refractivity contribution in [3.8, 4) is 0 Å². The number of benzene rings is 1. The number of hydrogen-bond acceptors (Lipinski definition) is 4. The first-order valence-electron chi connectivity index (χ1n) is 9.38. The summed E-state index contributed by atoms with van der Waals surface area (Å²) in [5.41, 5.74) is 4.66. The lowest BCUT2D eigenvalue weighted by Gasteiger charge is -2.29. The maximum absolute atomic E-state index is 13.5. The van der Waals surface area contributed by atoms with Crippen LogP contribution in [0, 0.1) is 27.7 Å². The minimum atomic E-state index is -3.76. The van der Waals surface area contributed by atoms with Gasteiger partial charge in [0.1, 0.15) is 5.65 Å². The van der Waals surface area contributed by atoms with Crippen molar-refractivity contribution in [3.05, 3.63) is 73.3 Å². The summed E-state index contributed by atoms with van der Waals surface area (Å²) in [5, 5.41) is 0.420. The Hall–Kier alpha value is -2.22. The Bertz CT molecular complexity index is 1300. The zero-order valence-corrected chi connectivity index (χ0v) is 18.4. The molecule has 0 fully saturated rings. The van der Waals surface area contributed by atoms with Crippen molar-refractivity contribution < 1.29 is 8.42 Å². The highest BCUT2D eigenvalue weighted by Gasteiger charge is 2.33. The minimum Gasteiger partial charge on any atom is -0.269 e. The van der Waals surface area contributed by atoms with Crippen LogP contribution < -0.4 is 5.56 Å². The number of halogens is 1. The third-order valence-electron chi connectivity index (χ3n) is 5.79. The van der Waals surface area contributed by atoms with Crippen molar-refractivity contribution in [1.82, 2.24) is 13.7 Å². The van der Waals surface area contributed by atoms with E-state index in [1.54, 1.807) is 12.1 Å². The zero-order valence-electron chi connectivity index (χ0n) is 16.8. The Labute approximate surface area is 174 Å². The Morgan fingerprint density at radius 1 is 1.07 bits per heavy atom. The summed E-state index contributed by atoms with van der Waals surface area (Å²) in [6, 6.07) is 5.37. The maximum Gasteiger partial charge on any atom is 0.262 e. The number of pyridine rings is 1. The molecule has 0 radical (unpaired) electrons. The minimum absolute atomic E-state index is 0.00478. The summed E-state index contributed by atoms with van der Waals surface area (Å²) < 4.78 is 29.9. The maximum atomic E-state index is 13.5. The normalized spacial score (nSPS) is 14.9. The lowest BCUT2D eigenvalue weighted by Crippen LogP contribution is -2.40. The van der Waals surface area contributed by atoms with E-state index in [1.807, 2.05) is 33.8 Å². The van der Waals surface area contributed by atoms with Crippen LogP contribution in [0.3, 0.4) is 0 Å². The molecule has 8 heteroatoms. The number of rotatable bonds is 2. The molecule has 1 aliphatic heterocycles. The first-order valence-corrected chi connectivity index (χ1v) is 11.2. The van der Waals surface area contributed by atoms with Gasteiger partial charge in [-0.05, 0) is 62.1 Å². The van der Waals surface area contributed by atoms with Gasteiger partial charge in [0.05, 0.1) is 21.2 Å². The van der Waals surface area contributed by atoms with E-state index in [2.05, 4.69) is 4.98 Å². The van der Waals surface area contributed by atoms with Crippen LogP contribution in [0.25, 0.3) is 5.65 Å². The van der Waals surface area contributed by atoms with E-state index in [4.69, 9.17) is 11.6 Å². The van der Waals surface area contributed by atoms with Crippen molar-refractivity contribution >= 4 is 27.3 Å². The molecular formula is C21H22ClN3O3S. The van der Waals surface area contributed by atoms with E-state index >= 15 is 0 Å². The van der Waals surface area contributed by atoms with Crippen LogP contribution in [-0.2, 0) is 23.0 Å².